The van der Waals surface area contributed by atoms with E-state index < -0.39 is 5.97 Å². The van der Waals surface area contributed by atoms with Gasteiger partial charge >= 0.3 is 5.97 Å². The van der Waals surface area contributed by atoms with Gasteiger partial charge in [0, 0.05) is 11.6 Å². The molecule has 2 N–H and O–H groups in total. The van der Waals surface area contributed by atoms with E-state index >= 15 is 0 Å². The molecule has 0 atom stereocenters. The normalized spacial score (nSPS) is 9.88. The molecule has 0 saturated carbocycles. The van der Waals surface area contributed by atoms with Crippen molar-refractivity contribution >= 4 is 28.3 Å². The van der Waals surface area contributed by atoms with E-state index in [1.165, 1.54) is 16.2 Å². The largest absolute Gasteiger partial charge is 0.480 e. The summed E-state index contributed by atoms with van der Waals surface area (Å²) in [4.78, 5) is 27.3. The maximum atomic E-state index is 11.5. The lowest BCUT2D eigenvalue weighted by molar-refractivity contribution is -0.138. The topological polar surface area (TPSA) is 82.5 Å². The van der Waals surface area contributed by atoms with Crippen LogP contribution in [0.1, 0.15) is 0 Å². The second-order valence-electron chi connectivity index (χ2n) is 3.13. The zero-order chi connectivity index (χ0) is 12.7. The van der Waals surface area contributed by atoms with Gasteiger partial charge in [-0.05, 0) is 0 Å². The van der Waals surface area contributed by atoms with Crippen LogP contribution < -0.4 is 5.32 Å². The molecule has 0 aliphatic heterocycles. The number of aliphatic carboxylic acids is 1. The van der Waals surface area contributed by atoms with E-state index in [0.29, 0.717) is 5.13 Å². The number of carbonyl (C=O) groups is 2. The van der Waals surface area contributed by atoms with Gasteiger partial charge in [0.15, 0.2) is 5.13 Å². The van der Waals surface area contributed by atoms with Crippen molar-refractivity contribution in [2.75, 3.05) is 25.0 Å². The number of thiazole rings is 1. The van der Waals surface area contributed by atoms with Crippen LogP contribution in [-0.4, -0.2) is 46.5 Å². The molecule has 1 amide bonds. The third kappa shape index (κ3) is 5.10. The van der Waals surface area contributed by atoms with Gasteiger partial charge in [-0.15, -0.1) is 17.8 Å². The number of hydrogen-bond acceptors (Lipinski definition) is 5. The molecular weight excluding hydrogens is 242 g/mol. The number of nitrogens with one attached hydrogen (secondary N) is 1. The number of nitrogens with zero attached hydrogens (tertiary/aromatic N) is 2. The highest BCUT2D eigenvalue weighted by atomic mass is 32.1. The lowest BCUT2D eigenvalue weighted by Crippen LogP contribution is -2.37. The number of carboxylic acid groups (broad SMARTS) is 1. The fourth-order valence-electron chi connectivity index (χ4n) is 1.14. The van der Waals surface area contributed by atoms with Crippen molar-refractivity contribution in [2.24, 2.45) is 0 Å². The summed E-state index contributed by atoms with van der Waals surface area (Å²) >= 11 is 1.29. The van der Waals surface area contributed by atoms with E-state index in [2.05, 4.69) is 16.2 Å². The predicted octanol–water partition coefficient (Wildman–Crippen LogP) is 0.101. The molecule has 0 aliphatic carbocycles. The van der Waals surface area contributed by atoms with Crippen molar-refractivity contribution in [1.82, 2.24) is 9.88 Å². The predicted molar refractivity (Wildman–Crippen MR) is 63.7 cm³/mol. The molecular formula is C10H11N3O3S. The van der Waals surface area contributed by atoms with Gasteiger partial charge in [-0.1, -0.05) is 5.92 Å². The molecule has 0 radical (unpaired) electrons. The van der Waals surface area contributed by atoms with Gasteiger partial charge in [-0.2, -0.15) is 0 Å². The minimum Gasteiger partial charge on any atom is -0.480 e. The van der Waals surface area contributed by atoms with Gasteiger partial charge in [0.1, 0.15) is 0 Å². The van der Waals surface area contributed by atoms with Gasteiger partial charge in [0.25, 0.3) is 0 Å². The number of hydrogen-bond donors (Lipinski definition) is 2. The summed E-state index contributed by atoms with van der Waals surface area (Å²) in [6, 6.07) is 0. The van der Waals surface area contributed by atoms with Crippen molar-refractivity contribution in [2.45, 2.75) is 0 Å². The molecule has 1 heterocycles. The SMILES string of the molecule is C#CCN(CC(=O)O)CC(=O)Nc1nccs1. The average molecular weight is 253 g/mol. The first-order valence-corrected chi connectivity index (χ1v) is 5.56. The van der Waals surface area contributed by atoms with E-state index in [1.54, 1.807) is 11.6 Å². The standard InChI is InChI=1S/C10H11N3O3S/c1-2-4-13(7-9(15)16)6-8(14)12-10-11-3-5-17-10/h1,3,5H,4,6-7H2,(H,15,16)(H,11,12,14). The fraction of sp³-hybridized carbons (Fsp3) is 0.300. The number of carboxylic acids is 1. The Morgan fingerprint density at radius 3 is 2.88 bits per heavy atom. The molecule has 0 spiro atoms. The number of terminal acetylenes is 1. The molecule has 0 unspecified atom stereocenters. The number of rotatable bonds is 6. The Kier molecular flexibility index (Phi) is 5.13. The third-order valence-corrected chi connectivity index (χ3v) is 2.41. The molecule has 0 saturated heterocycles. The summed E-state index contributed by atoms with van der Waals surface area (Å²) in [5.41, 5.74) is 0. The van der Waals surface area contributed by atoms with Gasteiger partial charge in [0.05, 0.1) is 19.6 Å². The van der Waals surface area contributed by atoms with Gasteiger partial charge < -0.3 is 10.4 Å². The Balaban J connectivity index is 2.46. The molecule has 1 aromatic rings. The Bertz CT molecular complexity index is 425. The highest BCUT2D eigenvalue weighted by Gasteiger charge is 2.13. The van der Waals surface area contributed by atoms with E-state index in [0.717, 1.165) is 0 Å². The summed E-state index contributed by atoms with van der Waals surface area (Å²) < 4.78 is 0. The summed E-state index contributed by atoms with van der Waals surface area (Å²) in [6.07, 6.45) is 6.66. The zero-order valence-corrected chi connectivity index (χ0v) is 9.74. The molecule has 17 heavy (non-hydrogen) atoms. The highest BCUT2D eigenvalue weighted by Crippen LogP contribution is 2.09. The monoisotopic (exact) mass is 253 g/mol. The van der Waals surface area contributed by atoms with E-state index in [-0.39, 0.29) is 25.5 Å². The average Bonchev–Trinajstić information content (AvgIpc) is 2.69. The lowest BCUT2D eigenvalue weighted by Gasteiger charge is -2.15. The summed E-state index contributed by atoms with van der Waals surface area (Å²) in [5, 5.41) is 13.4. The summed E-state index contributed by atoms with van der Waals surface area (Å²) in [5.74, 6) is 0.945. The van der Waals surface area contributed by atoms with Crippen LogP contribution in [0.4, 0.5) is 5.13 Å². The first kappa shape index (κ1) is 13.2. The van der Waals surface area contributed by atoms with Gasteiger partial charge in [-0.25, -0.2) is 4.98 Å². The first-order valence-electron chi connectivity index (χ1n) is 4.68. The number of aromatic nitrogens is 1. The van der Waals surface area contributed by atoms with Crippen LogP contribution in [0.5, 0.6) is 0 Å². The Morgan fingerprint density at radius 1 is 1.59 bits per heavy atom. The first-order chi connectivity index (χ1) is 8.11. The highest BCUT2D eigenvalue weighted by molar-refractivity contribution is 7.13. The second-order valence-corrected chi connectivity index (χ2v) is 4.02. The molecule has 7 heteroatoms. The van der Waals surface area contributed by atoms with E-state index in [1.807, 2.05) is 0 Å². The smallest absolute Gasteiger partial charge is 0.317 e. The van der Waals surface area contributed by atoms with Crippen LogP contribution in [0.15, 0.2) is 11.6 Å². The molecule has 0 aliphatic rings. The van der Waals surface area contributed by atoms with Crippen LogP contribution in [0.25, 0.3) is 0 Å². The van der Waals surface area contributed by atoms with Gasteiger partial charge in [0.2, 0.25) is 5.91 Å². The van der Waals surface area contributed by atoms with Crippen LogP contribution in [-0.2, 0) is 9.59 Å². The molecule has 0 aromatic carbocycles. The second kappa shape index (κ2) is 6.62. The quantitative estimate of drug-likeness (QED) is 0.703. The van der Waals surface area contributed by atoms with Crippen molar-refractivity contribution in [1.29, 1.82) is 0 Å². The molecule has 6 nitrogen and oxygen atoms in total. The van der Waals surface area contributed by atoms with Crippen molar-refractivity contribution < 1.29 is 14.7 Å². The van der Waals surface area contributed by atoms with Crippen LogP contribution in [0.2, 0.25) is 0 Å². The molecule has 90 valence electrons. The van der Waals surface area contributed by atoms with Crippen molar-refractivity contribution in [3.8, 4) is 12.3 Å². The van der Waals surface area contributed by atoms with Crippen LogP contribution in [0.3, 0.4) is 0 Å². The van der Waals surface area contributed by atoms with Crippen LogP contribution in [0, 0.1) is 12.3 Å². The summed E-state index contributed by atoms with van der Waals surface area (Å²) in [6.45, 7) is -0.233. The van der Waals surface area contributed by atoms with E-state index in [9.17, 15) is 9.59 Å². The maximum Gasteiger partial charge on any atom is 0.317 e. The van der Waals surface area contributed by atoms with Crippen molar-refractivity contribution in [3.63, 3.8) is 0 Å². The Morgan fingerprint density at radius 2 is 2.35 bits per heavy atom. The Labute approximate surface area is 102 Å². The molecule has 0 fully saturated rings. The molecule has 0 bridgehead atoms. The maximum absolute atomic E-state index is 11.5. The molecule has 1 rings (SSSR count). The minimum absolute atomic E-state index is 0.0733. The number of amides is 1. The number of carbonyl (C=O) groups excluding carboxylic acids is 1. The van der Waals surface area contributed by atoms with E-state index in [4.69, 9.17) is 11.5 Å². The minimum atomic E-state index is -1.03. The van der Waals surface area contributed by atoms with Gasteiger partial charge in [-0.3, -0.25) is 14.5 Å². The Hall–Kier alpha value is -1.91. The molecule has 1 aromatic heterocycles. The summed E-state index contributed by atoms with van der Waals surface area (Å²) in [7, 11) is 0. The zero-order valence-electron chi connectivity index (χ0n) is 8.92. The van der Waals surface area contributed by atoms with Crippen molar-refractivity contribution in [3.05, 3.63) is 11.6 Å². The van der Waals surface area contributed by atoms with Crippen LogP contribution >= 0.6 is 11.3 Å². The number of anilines is 1. The third-order valence-electron chi connectivity index (χ3n) is 1.72. The lowest BCUT2D eigenvalue weighted by atomic mass is 10.4. The fourth-order valence-corrected chi connectivity index (χ4v) is 1.68.